The third kappa shape index (κ3) is 2.10. The van der Waals surface area contributed by atoms with Crippen molar-refractivity contribution in [1.29, 1.82) is 5.26 Å². The number of benzene rings is 2. The number of carboxylic acids is 1. The van der Waals surface area contributed by atoms with Crippen LogP contribution in [0, 0.1) is 11.3 Å². The van der Waals surface area contributed by atoms with Crippen LogP contribution in [0.2, 0.25) is 5.02 Å². The number of aromatic carboxylic acids is 1. The molecular weight excluding hydrogens is 292 g/mol. The van der Waals surface area contributed by atoms with Gasteiger partial charge in [0.2, 0.25) is 0 Å². The van der Waals surface area contributed by atoms with Crippen LogP contribution in [0.5, 0.6) is 0 Å². The molecule has 1 heterocycles. The van der Waals surface area contributed by atoms with E-state index < -0.39 is 5.97 Å². The average Bonchev–Trinajstić information content (AvgIpc) is 2.90. The van der Waals surface area contributed by atoms with Crippen molar-refractivity contribution in [1.82, 2.24) is 15.0 Å². The van der Waals surface area contributed by atoms with Gasteiger partial charge in [-0.3, -0.25) is 0 Å². The molecule has 6 nitrogen and oxygen atoms in total. The Bertz CT molecular complexity index is 911. The highest BCUT2D eigenvalue weighted by Crippen LogP contribution is 2.26. The predicted octanol–water partition coefficient (Wildman–Crippen LogP) is 2.64. The SMILES string of the molecule is N#Cc1ccc(-n2nnc3cccc(C(=O)O)c32)c(Cl)c1. The van der Waals surface area contributed by atoms with Crippen molar-refractivity contribution in [3.8, 4) is 11.8 Å². The van der Waals surface area contributed by atoms with Gasteiger partial charge in [-0.15, -0.1) is 5.10 Å². The molecule has 0 aliphatic heterocycles. The molecular formula is C14H7ClN4O2. The van der Waals surface area contributed by atoms with Crippen LogP contribution >= 0.6 is 11.6 Å². The molecule has 0 amide bonds. The lowest BCUT2D eigenvalue weighted by Gasteiger charge is -2.06. The molecule has 1 aromatic heterocycles. The minimum atomic E-state index is -1.08. The summed E-state index contributed by atoms with van der Waals surface area (Å²) in [5.74, 6) is -1.08. The molecule has 2 aromatic carbocycles. The summed E-state index contributed by atoms with van der Waals surface area (Å²) in [6.07, 6.45) is 0. The molecule has 3 rings (SSSR count). The zero-order valence-electron chi connectivity index (χ0n) is 10.5. The van der Waals surface area contributed by atoms with Gasteiger partial charge in [-0.05, 0) is 30.3 Å². The summed E-state index contributed by atoms with van der Waals surface area (Å²) in [5, 5.41) is 26.3. The highest BCUT2D eigenvalue weighted by Gasteiger charge is 2.17. The largest absolute Gasteiger partial charge is 0.478 e. The van der Waals surface area contributed by atoms with Gasteiger partial charge in [0.25, 0.3) is 0 Å². The highest BCUT2D eigenvalue weighted by molar-refractivity contribution is 6.32. The number of nitriles is 1. The van der Waals surface area contributed by atoms with E-state index in [2.05, 4.69) is 10.3 Å². The smallest absolute Gasteiger partial charge is 0.337 e. The van der Waals surface area contributed by atoms with Gasteiger partial charge in [-0.1, -0.05) is 22.9 Å². The fourth-order valence-corrected chi connectivity index (χ4v) is 2.32. The molecule has 0 radical (unpaired) electrons. The molecule has 7 heteroatoms. The number of hydrogen-bond donors (Lipinski definition) is 1. The number of carbonyl (C=O) groups is 1. The monoisotopic (exact) mass is 298 g/mol. The maximum atomic E-state index is 11.3. The summed E-state index contributed by atoms with van der Waals surface area (Å²) in [6.45, 7) is 0. The Morgan fingerprint density at radius 3 is 2.81 bits per heavy atom. The minimum absolute atomic E-state index is 0.0814. The standard InChI is InChI=1S/C14H7ClN4O2/c15-10-6-8(7-16)4-5-12(10)19-13-9(14(20)21)2-1-3-11(13)17-18-19/h1-6H,(H,20,21). The maximum Gasteiger partial charge on any atom is 0.337 e. The van der Waals surface area contributed by atoms with Crippen molar-refractivity contribution in [2.75, 3.05) is 0 Å². The predicted molar refractivity (Wildman–Crippen MR) is 75.5 cm³/mol. The maximum absolute atomic E-state index is 11.3. The summed E-state index contributed by atoms with van der Waals surface area (Å²) >= 11 is 6.14. The van der Waals surface area contributed by atoms with Gasteiger partial charge in [0.1, 0.15) is 11.0 Å². The molecule has 0 aliphatic carbocycles. The van der Waals surface area contributed by atoms with E-state index in [9.17, 15) is 9.90 Å². The molecule has 0 fully saturated rings. The summed E-state index contributed by atoms with van der Waals surface area (Å²) in [5.41, 5.74) is 1.77. The van der Waals surface area contributed by atoms with Crippen molar-refractivity contribution in [3.63, 3.8) is 0 Å². The van der Waals surface area contributed by atoms with E-state index >= 15 is 0 Å². The second-order valence-electron chi connectivity index (χ2n) is 4.26. The van der Waals surface area contributed by atoms with E-state index in [1.54, 1.807) is 24.3 Å². The van der Waals surface area contributed by atoms with Crippen LogP contribution in [-0.2, 0) is 0 Å². The van der Waals surface area contributed by atoms with E-state index in [1.807, 2.05) is 6.07 Å². The van der Waals surface area contributed by atoms with Crippen molar-refractivity contribution in [2.45, 2.75) is 0 Å². The third-order valence-electron chi connectivity index (χ3n) is 3.00. The van der Waals surface area contributed by atoms with Crippen LogP contribution in [0.1, 0.15) is 15.9 Å². The van der Waals surface area contributed by atoms with Gasteiger partial charge >= 0.3 is 5.97 Å². The first-order valence-electron chi connectivity index (χ1n) is 5.89. The van der Waals surface area contributed by atoms with Crippen LogP contribution in [0.4, 0.5) is 0 Å². The number of rotatable bonds is 2. The molecule has 3 aromatic rings. The molecule has 102 valence electrons. The zero-order valence-corrected chi connectivity index (χ0v) is 11.2. The van der Waals surface area contributed by atoms with Crippen molar-refractivity contribution in [3.05, 3.63) is 52.5 Å². The van der Waals surface area contributed by atoms with Gasteiger partial charge in [0.05, 0.1) is 27.9 Å². The molecule has 21 heavy (non-hydrogen) atoms. The number of fused-ring (bicyclic) bond motifs is 1. The number of para-hydroxylation sites is 1. The second kappa shape index (κ2) is 4.89. The topological polar surface area (TPSA) is 91.8 Å². The normalized spacial score (nSPS) is 10.5. The molecule has 0 atom stereocenters. The Hall–Kier alpha value is -2.91. The first-order valence-corrected chi connectivity index (χ1v) is 6.27. The molecule has 0 unspecified atom stereocenters. The van der Waals surface area contributed by atoms with E-state index in [0.717, 1.165) is 0 Å². The van der Waals surface area contributed by atoms with Crippen LogP contribution in [0.25, 0.3) is 16.7 Å². The second-order valence-corrected chi connectivity index (χ2v) is 4.66. The average molecular weight is 299 g/mol. The van der Waals surface area contributed by atoms with E-state index in [1.165, 1.54) is 16.8 Å². The number of hydrogen-bond acceptors (Lipinski definition) is 4. The fraction of sp³-hybridized carbons (Fsp3) is 0. The Morgan fingerprint density at radius 1 is 1.33 bits per heavy atom. The lowest BCUT2D eigenvalue weighted by molar-refractivity contribution is 0.0698. The van der Waals surface area contributed by atoms with Gasteiger partial charge in [-0.2, -0.15) is 5.26 Å². The van der Waals surface area contributed by atoms with E-state index in [4.69, 9.17) is 16.9 Å². The Morgan fingerprint density at radius 2 is 2.14 bits per heavy atom. The molecule has 0 spiro atoms. The zero-order chi connectivity index (χ0) is 15.0. The van der Waals surface area contributed by atoms with Gasteiger partial charge < -0.3 is 5.11 Å². The molecule has 0 bridgehead atoms. The van der Waals surface area contributed by atoms with Gasteiger partial charge in [0.15, 0.2) is 0 Å². The quantitative estimate of drug-likeness (QED) is 0.785. The first-order chi connectivity index (χ1) is 10.1. The Kier molecular flexibility index (Phi) is 3.05. The molecule has 0 saturated carbocycles. The number of aromatic nitrogens is 3. The summed E-state index contributed by atoms with van der Waals surface area (Å²) < 4.78 is 1.36. The van der Waals surface area contributed by atoms with Crippen LogP contribution in [-0.4, -0.2) is 26.1 Å². The van der Waals surface area contributed by atoms with Crippen LogP contribution < -0.4 is 0 Å². The van der Waals surface area contributed by atoms with Crippen molar-refractivity contribution in [2.24, 2.45) is 0 Å². The Balaban J connectivity index is 2.31. The highest BCUT2D eigenvalue weighted by atomic mass is 35.5. The number of carboxylic acid groups (broad SMARTS) is 1. The molecule has 0 aliphatic rings. The number of halogens is 1. The van der Waals surface area contributed by atoms with Crippen LogP contribution in [0.15, 0.2) is 36.4 Å². The van der Waals surface area contributed by atoms with E-state index in [0.29, 0.717) is 27.3 Å². The summed E-state index contributed by atoms with van der Waals surface area (Å²) in [6, 6.07) is 11.4. The molecule has 1 N–H and O–H groups in total. The lowest BCUT2D eigenvalue weighted by atomic mass is 10.1. The van der Waals surface area contributed by atoms with Crippen LogP contribution in [0.3, 0.4) is 0 Å². The summed E-state index contributed by atoms with van der Waals surface area (Å²) in [7, 11) is 0. The van der Waals surface area contributed by atoms with Crippen molar-refractivity contribution >= 4 is 28.6 Å². The Labute approximate surface area is 123 Å². The van der Waals surface area contributed by atoms with E-state index in [-0.39, 0.29) is 5.56 Å². The first kappa shape index (κ1) is 13.1. The third-order valence-corrected chi connectivity index (χ3v) is 3.31. The summed E-state index contributed by atoms with van der Waals surface area (Å²) in [4.78, 5) is 11.3. The lowest BCUT2D eigenvalue weighted by Crippen LogP contribution is -2.04. The minimum Gasteiger partial charge on any atom is -0.478 e. The van der Waals surface area contributed by atoms with Crippen molar-refractivity contribution < 1.29 is 9.90 Å². The fourth-order valence-electron chi connectivity index (χ4n) is 2.06. The van der Waals surface area contributed by atoms with Gasteiger partial charge in [0, 0.05) is 0 Å². The number of nitrogens with zero attached hydrogens (tertiary/aromatic N) is 4. The molecule has 0 saturated heterocycles. The van der Waals surface area contributed by atoms with Gasteiger partial charge in [-0.25, -0.2) is 9.48 Å².